The van der Waals surface area contributed by atoms with Gasteiger partial charge in [-0.25, -0.2) is 0 Å². The Balaban J connectivity index is -0.000000511. The molecule has 5 aromatic carbocycles. The number of aliphatic carboxylic acids is 1. The summed E-state index contributed by atoms with van der Waals surface area (Å²) in [5, 5.41) is 9.16. The van der Waals surface area contributed by atoms with Crippen LogP contribution in [-0.4, -0.2) is 41.9 Å². The number of aryl methyl sites for hydroxylation is 2. The van der Waals surface area contributed by atoms with Crippen LogP contribution in [0.2, 0.25) is 39.3 Å². The van der Waals surface area contributed by atoms with E-state index in [4.69, 9.17) is 14.0 Å². The first-order chi connectivity index (χ1) is 38.8. The van der Waals surface area contributed by atoms with E-state index < -0.39 is 22.6 Å². The molecule has 9 rings (SSSR count). The number of hydrogen-bond acceptors (Lipinski definition) is 4. The molecule has 3 radical (unpaired) electrons. The monoisotopic (exact) mass is 1490 g/mol. The summed E-state index contributed by atoms with van der Waals surface area (Å²) >= 11 is 10.7. The van der Waals surface area contributed by atoms with Crippen molar-refractivity contribution in [2.75, 3.05) is 0 Å². The van der Waals surface area contributed by atoms with Crippen LogP contribution in [0.5, 0.6) is 0 Å². The van der Waals surface area contributed by atoms with Gasteiger partial charge in [0.25, 0.3) is 0 Å². The van der Waals surface area contributed by atoms with Gasteiger partial charge in [0.1, 0.15) is 0 Å². The number of carboxylic acid groups (broad SMARTS) is 1. The Bertz CT molecular complexity index is 2890. The average Bonchev–Trinajstić information content (AvgIpc) is 1.75. The second-order valence-corrected chi connectivity index (χ2v) is 39.8. The van der Waals surface area contributed by atoms with Crippen molar-refractivity contribution in [3.63, 3.8) is 0 Å². The fraction of sp³-hybridized carbons (Fsp3) is 0.558. The number of carbonyl (C=O) groups excluding carboxylic acids is 1. The Hall–Kier alpha value is -1.87. The number of carbonyl (C=O) groups is 2. The molecule has 4 aliphatic carbocycles. The zero-order valence-electron chi connectivity index (χ0n) is 56.9. The van der Waals surface area contributed by atoms with E-state index in [2.05, 4.69) is 231 Å². The molecule has 0 saturated carbocycles. The molecule has 13 heteroatoms. The van der Waals surface area contributed by atoms with E-state index in [9.17, 15) is 9.59 Å². The number of allylic oxidation sites excluding steroid dienone is 1. The van der Waals surface area contributed by atoms with Crippen molar-refractivity contribution < 1.29 is 54.5 Å². The number of Topliss-reactive ketones (excluding diaryl/α,β-unsaturated/α-hetero) is 1. The Morgan fingerprint density at radius 2 is 1.00 bits per heavy atom. The summed E-state index contributed by atoms with van der Waals surface area (Å²) in [4.78, 5) is 23.2. The number of fused-ring (bicyclic) bond motifs is 4. The number of halogens is 4. The van der Waals surface area contributed by atoms with E-state index in [0.29, 0.717) is 48.1 Å². The molecular weight excluding hydrogens is 1370 g/mol. The van der Waals surface area contributed by atoms with Gasteiger partial charge in [-0.3, -0.25) is 9.59 Å². The van der Waals surface area contributed by atoms with E-state index in [1.807, 2.05) is 42.5 Å². The van der Waals surface area contributed by atoms with E-state index in [0.717, 1.165) is 63.5 Å². The maximum atomic E-state index is 12.1. The first kappa shape index (κ1) is 92.3. The van der Waals surface area contributed by atoms with Crippen LogP contribution in [0.15, 0.2) is 116 Å². The molecule has 0 fully saturated rings. The molecule has 6 unspecified atom stereocenters. The molecular formula is C77H121BBr3ClNaO5Si2. The number of benzene rings is 5. The van der Waals surface area contributed by atoms with Gasteiger partial charge in [0.05, 0.1) is 18.1 Å². The average molecular weight is 1490 g/mol. The van der Waals surface area contributed by atoms with Crippen LogP contribution >= 0.6 is 60.2 Å². The van der Waals surface area contributed by atoms with Crippen LogP contribution in [0.1, 0.15) is 211 Å². The minimum absolute atomic E-state index is 0. The topological polar surface area (TPSA) is 72.8 Å². The van der Waals surface area contributed by atoms with Gasteiger partial charge in [-0.05, 0) is 233 Å². The van der Waals surface area contributed by atoms with Crippen LogP contribution in [0.25, 0.3) is 6.08 Å². The van der Waals surface area contributed by atoms with Crippen molar-refractivity contribution in [2.45, 2.75) is 228 Å². The summed E-state index contributed by atoms with van der Waals surface area (Å²) < 4.78 is 16.4. The second kappa shape index (κ2) is 42.6. The summed E-state index contributed by atoms with van der Waals surface area (Å²) in [7, 11) is -3.02. The molecule has 6 atom stereocenters. The molecule has 5 nitrogen and oxygen atoms in total. The molecule has 499 valence electrons. The molecule has 0 bridgehead atoms. The van der Waals surface area contributed by atoms with E-state index in [1.54, 1.807) is 16.7 Å². The van der Waals surface area contributed by atoms with Gasteiger partial charge in [0.2, 0.25) is 0 Å². The Morgan fingerprint density at radius 1 is 0.556 bits per heavy atom. The number of ketones is 1. The molecule has 5 aromatic rings. The van der Waals surface area contributed by atoms with Crippen molar-refractivity contribution in [3.05, 3.63) is 177 Å². The molecule has 90 heavy (non-hydrogen) atoms. The first-order valence-electron chi connectivity index (χ1n) is 31.1. The van der Waals surface area contributed by atoms with Gasteiger partial charge in [-0.2, -0.15) is 0 Å². The van der Waals surface area contributed by atoms with Crippen LogP contribution in [0.4, 0.5) is 0 Å². The van der Waals surface area contributed by atoms with Gasteiger partial charge in [0.15, 0.2) is 22.4 Å². The molecule has 0 amide bonds. The summed E-state index contributed by atoms with van der Waals surface area (Å²) in [5.41, 5.74) is 16.6. The maximum Gasteiger partial charge on any atom is 1.00 e. The smallest absolute Gasteiger partial charge is 1.00 e. The number of carboxylic acids is 1. The van der Waals surface area contributed by atoms with Crippen molar-refractivity contribution >= 4 is 103 Å². The van der Waals surface area contributed by atoms with Gasteiger partial charge >= 0.3 is 35.5 Å². The predicted octanol–water partition coefficient (Wildman–Crippen LogP) is 21.9. The van der Waals surface area contributed by atoms with Gasteiger partial charge in [0, 0.05) is 33.3 Å². The third-order valence-electron chi connectivity index (χ3n) is 15.9. The third kappa shape index (κ3) is 28.8. The Labute approximate surface area is 610 Å². The van der Waals surface area contributed by atoms with Crippen LogP contribution in [0, 0.1) is 67.1 Å². The van der Waals surface area contributed by atoms with Crippen LogP contribution in [-0.2, 0) is 45.8 Å². The summed E-state index contributed by atoms with van der Waals surface area (Å²) in [6, 6.07) is 33.6. The molecule has 0 aromatic heterocycles. The molecule has 0 saturated heterocycles. The van der Waals surface area contributed by atoms with Crippen LogP contribution in [0.3, 0.4) is 0 Å². The van der Waals surface area contributed by atoms with Gasteiger partial charge < -0.3 is 15.4 Å². The van der Waals surface area contributed by atoms with Crippen molar-refractivity contribution in [2.24, 2.45) is 53.3 Å². The van der Waals surface area contributed by atoms with Gasteiger partial charge in [-0.1, -0.05) is 237 Å². The minimum atomic E-state index is -1.52. The molecule has 0 spiro atoms. The fourth-order valence-corrected chi connectivity index (χ4v) is 16.3. The zero-order chi connectivity index (χ0) is 61.7. The number of rotatable bonds is 17. The Kier molecular flexibility index (Phi) is 43.7. The second-order valence-electron chi connectivity index (χ2n) is 28.3. The van der Waals surface area contributed by atoms with Crippen LogP contribution < -0.4 is 29.6 Å². The standard InChI is InChI=1S/C17H28OSi.C16H25BrOSi.C14H18.C13H17BrO2.C13H15BrO.4CH4.B.ClH.Na.H/c1-12(2)10-14-11-16-13(3)8-7-9-15(16)17(14)18-19(4,5)6;1-11(2)9-12-10-14-13(7-6-8-15(14)17)16(12)18-19(3,4)5;1-10(2)7-12-8-13-6-4-5-11(3)14(13)9-12;1-9(2)7-11(13(15)16)8-10-5-3-4-6-12(10)14;1-8(2)6-9-7-11-10(13(9)15)4-3-5-12(11)14;;;;;;;;/h7-9,12,14,17H,10-11H2,1-6H3;6-8,11-12,16H,9-10H2,1-5H3;4-6,8,10H,7,9H2,1-3H3;3-6,9,11H,7-8H2,1-2H3,(H,15,16);3-5,8-9H,6-7H2,1-2H3;4*1H4;;1H;;/q;;;;;;;;;;;+1;-1. The third-order valence-corrected chi connectivity index (χ3v) is 20.1. The number of hydrogen-bond donors (Lipinski definition) is 1. The van der Waals surface area contributed by atoms with E-state index in [-0.39, 0.29) is 93.3 Å². The molecule has 0 heterocycles. The summed E-state index contributed by atoms with van der Waals surface area (Å²) in [5.74, 6) is 4.09. The van der Waals surface area contributed by atoms with Crippen molar-refractivity contribution in [3.8, 4) is 0 Å². The van der Waals surface area contributed by atoms with E-state index >= 15 is 0 Å². The van der Waals surface area contributed by atoms with E-state index in [1.165, 1.54) is 75.5 Å². The maximum absolute atomic E-state index is 12.1. The SMILES string of the molecule is C.C.C.C.CC(C)CC(Cc1ccccc1Br)C(=O)O.CC(C)CC1Cc2c(Br)cccc2C1=O.CC(C)CC1Cc2c(Br)cccc2C1O[Si](C)(C)C.Cc1cccc2c1CC(CC(C)C)=C2.Cc1cccc2c1CC(CC(C)C)C2O[Si](C)(C)C.Cl.[B].[H-].[Na+]. The molecule has 1 N–H and O–H groups in total. The summed E-state index contributed by atoms with van der Waals surface area (Å²) in [6.07, 6.45) is 13.5. The Morgan fingerprint density at radius 3 is 1.46 bits per heavy atom. The van der Waals surface area contributed by atoms with Gasteiger partial charge in [-0.15, -0.1) is 12.4 Å². The first-order valence-corrected chi connectivity index (χ1v) is 40.3. The largest absolute Gasteiger partial charge is 1.00 e. The normalized spacial score (nSPS) is 17.5. The summed E-state index contributed by atoms with van der Waals surface area (Å²) in [6.45, 7) is 40.5. The molecule has 0 aliphatic heterocycles. The van der Waals surface area contributed by atoms with Crippen molar-refractivity contribution in [1.29, 1.82) is 0 Å². The predicted molar refractivity (Wildman–Crippen MR) is 410 cm³/mol. The quantitative estimate of drug-likeness (QED) is 0.0939. The van der Waals surface area contributed by atoms with Crippen molar-refractivity contribution in [1.82, 2.24) is 0 Å². The fourth-order valence-electron chi connectivity index (χ4n) is 12.6. The minimum Gasteiger partial charge on any atom is -1.00 e. The molecule has 4 aliphatic rings. The zero-order valence-corrected chi connectivity index (χ0v) is 65.5.